The van der Waals surface area contributed by atoms with Gasteiger partial charge in [0.1, 0.15) is 5.92 Å². The Morgan fingerprint density at radius 1 is 1.32 bits per heavy atom. The number of nitrogens with zero attached hydrogens (tertiary/aromatic N) is 3. The highest BCUT2D eigenvalue weighted by molar-refractivity contribution is 7.91. The molecule has 2 heterocycles. The third-order valence-corrected chi connectivity index (χ3v) is 5.59. The molecule has 2 aliphatic rings. The number of amides is 1. The molecule has 1 aromatic carbocycles. The Morgan fingerprint density at radius 3 is 2.68 bits per heavy atom. The first kappa shape index (κ1) is 14.9. The smallest absolute Gasteiger partial charge is 0.261 e. The summed E-state index contributed by atoms with van der Waals surface area (Å²) < 4.78 is 22.9. The van der Waals surface area contributed by atoms with E-state index in [-0.39, 0.29) is 23.5 Å². The van der Waals surface area contributed by atoms with Gasteiger partial charge in [0, 0.05) is 6.21 Å². The molecule has 3 rings (SSSR count). The minimum atomic E-state index is -2.96. The first-order chi connectivity index (χ1) is 10.5. The topological polar surface area (TPSA) is 79.2 Å². The number of carbonyl (C=O) groups is 1. The summed E-state index contributed by atoms with van der Waals surface area (Å²) in [5, 5.41) is 5.66. The summed E-state index contributed by atoms with van der Waals surface area (Å²) >= 11 is 0. The molecule has 2 aliphatic heterocycles. The van der Waals surface area contributed by atoms with E-state index in [0.29, 0.717) is 17.8 Å². The molecule has 2 atom stereocenters. The van der Waals surface area contributed by atoms with Crippen molar-refractivity contribution >= 4 is 33.4 Å². The maximum atomic E-state index is 12.5. The lowest BCUT2D eigenvalue weighted by atomic mass is 10.1. The highest BCUT2D eigenvalue weighted by Crippen LogP contribution is 2.23. The lowest BCUT2D eigenvalue weighted by molar-refractivity contribution is -0.118. The van der Waals surface area contributed by atoms with Crippen molar-refractivity contribution in [2.45, 2.75) is 19.4 Å². The van der Waals surface area contributed by atoms with Crippen LogP contribution in [0.15, 0.2) is 40.4 Å². The van der Waals surface area contributed by atoms with Gasteiger partial charge in [-0.25, -0.2) is 8.42 Å². The third kappa shape index (κ3) is 2.94. The molecule has 0 spiro atoms. The lowest BCUT2D eigenvalue weighted by Crippen LogP contribution is -2.28. The molecule has 6 nitrogen and oxygen atoms in total. The van der Waals surface area contributed by atoms with Gasteiger partial charge >= 0.3 is 0 Å². The SMILES string of the molecule is CC1=NN(c2ccccc2)C(=O)[C@H]1C=N[C@H]1CCS(=O)(=O)C1. The number of hydrazone groups is 1. The van der Waals surface area contributed by atoms with Gasteiger partial charge in [0.05, 0.1) is 28.9 Å². The van der Waals surface area contributed by atoms with Crippen molar-refractivity contribution in [1.29, 1.82) is 0 Å². The van der Waals surface area contributed by atoms with Crippen molar-refractivity contribution in [2.24, 2.45) is 16.0 Å². The van der Waals surface area contributed by atoms with E-state index in [1.807, 2.05) is 30.3 Å². The number of hydrogen-bond acceptors (Lipinski definition) is 5. The molecule has 0 aliphatic carbocycles. The highest BCUT2D eigenvalue weighted by Gasteiger charge is 2.34. The van der Waals surface area contributed by atoms with Crippen LogP contribution in [0.4, 0.5) is 5.69 Å². The van der Waals surface area contributed by atoms with Crippen LogP contribution in [0.1, 0.15) is 13.3 Å². The molecule has 1 aromatic rings. The maximum Gasteiger partial charge on any atom is 0.261 e. The standard InChI is InChI=1S/C15H17N3O3S/c1-11-14(9-16-12-7-8-22(20,21)10-12)15(19)18(17-11)13-5-3-2-4-6-13/h2-6,9,12,14H,7-8,10H2,1H3/t12-,14-/m0/s1. The van der Waals surface area contributed by atoms with E-state index < -0.39 is 15.8 Å². The maximum absolute atomic E-state index is 12.5. The molecule has 1 fully saturated rings. The number of anilines is 1. The molecule has 0 radical (unpaired) electrons. The quantitative estimate of drug-likeness (QED) is 0.787. The number of hydrogen-bond donors (Lipinski definition) is 0. The zero-order chi connectivity index (χ0) is 15.7. The van der Waals surface area contributed by atoms with Gasteiger partial charge in [-0.2, -0.15) is 10.1 Å². The second kappa shape index (κ2) is 5.64. The molecule has 1 amide bonds. The van der Waals surface area contributed by atoms with Crippen LogP contribution >= 0.6 is 0 Å². The van der Waals surface area contributed by atoms with E-state index in [0.717, 1.165) is 0 Å². The summed E-state index contributed by atoms with van der Waals surface area (Å²) in [6, 6.07) is 8.96. The summed E-state index contributed by atoms with van der Waals surface area (Å²) in [7, 11) is -2.96. The Balaban J connectivity index is 1.74. The first-order valence-corrected chi connectivity index (χ1v) is 8.96. The van der Waals surface area contributed by atoms with Gasteiger partial charge in [-0.3, -0.25) is 9.79 Å². The van der Waals surface area contributed by atoms with E-state index in [1.165, 1.54) is 5.01 Å². The molecular formula is C15H17N3O3S. The number of benzene rings is 1. The fourth-order valence-corrected chi connectivity index (χ4v) is 4.24. The predicted molar refractivity (Wildman–Crippen MR) is 86.1 cm³/mol. The van der Waals surface area contributed by atoms with Gasteiger partial charge in [0.2, 0.25) is 0 Å². The molecule has 1 saturated heterocycles. The number of aliphatic imine (C=N–C) groups is 1. The molecule has 0 bridgehead atoms. The molecule has 22 heavy (non-hydrogen) atoms. The molecule has 7 heteroatoms. The van der Waals surface area contributed by atoms with E-state index in [2.05, 4.69) is 10.1 Å². The Kier molecular flexibility index (Phi) is 3.82. The number of rotatable bonds is 3. The van der Waals surface area contributed by atoms with Crippen LogP contribution in [0.25, 0.3) is 0 Å². The summed E-state index contributed by atoms with van der Waals surface area (Å²) in [6.07, 6.45) is 2.08. The second-order valence-corrected chi connectivity index (χ2v) is 7.79. The average Bonchev–Trinajstić information content (AvgIpc) is 2.98. The molecular weight excluding hydrogens is 302 g/mol. The summed E-state index contributed by atoms with van der Waals surface area (Å²) in [5.74, 6) is -0.420. The van der Waals surface area contributed by atoms with Crippen LogP contribution in [-0.4, -0.2) is 43.8 Å². The van der Waals surface area contributed by atoms with Crippen LogP contribution in [0.2, 0.25) is 0 Å². The van der Waals surface area contributed by atoms with Crippen molar-refractivity contribution in [2.75, 3.05) is 16.5 Å². The van der Waals surface area contributed by atoms with Crippen molar-refractivity contribution in [3.8, 4) is 0 Å². The van der Waals surface area contributed by atoms with Crippen LogP contribution in [0.5, 0.6) is 0 Å². The predicted octanol–water partition coefficient (Wildman–Crippen LogP) is 1.28. The normalized spacial score (nSPS) is 27.6. The van der Waals surface area contributed by atoms with Crippen molar-refractivity contribution in [1.82, 2.24) is 0 Å². The highest BCUT2D eigenvalue weighted by atomic mass is 32.2. The monoisotopic (exact) mass is 319 g/mol. The van der Waals surface area contributed by atoms with Gasteiger partial charge in [-0.05, 0) is 25.5 Å². The van der Waals surface area contributed by atoms with Crippen LogP contribution in [0, 0.1) is 5.92 Å². The van der Waals surface area contributed by atoms with Gasteiger partial charge in [-0.1, -0.05) is 18.2 Å². The van der Waals surface area contributed by atoms with Crippen LogP contribution in [0.3, 0.4) is 0 Å². The summed E-state index contributed by atoms with van der Waals surface area (Å²) in [4.78, 5) is 16.7. The minimum Gasteiger partial charge on any atom is -0.292 e. The number of para-hydroxylation sites is 1. The van der Waals surface area contributed by atoms with Crippen molar-refractivity contribution < 1.29 is 13.2 Å². The lowest BCUT2D eigenvalue weighted by Gasteiger charge is -2.12. The van der Waals surface area contributed by atoms with E-state index in [1.54, 1.807) is 13.1 Å². The third-order valence-electron chi connectivity index (χ3n) is 3.84. The van der Waals surface area contributed by atoms with E-state index in [4.69, 9.17) is 0 Å². The Morgan fingerprint density at radius 2 is 2.05 bits per heavy atom. The van der Waals surface area contributed by atoms with Gasteiger partial charge < -0.3 is 0 Å². The Hall–Kier alpha value is -2.02. The van der Waals surface area contributed by atoms with Crippen LogP contribution < -0.4 is 5.01 Å². The molecule has 0 unspecified atom stereocenters. The van der Waals surface area contributed by atoms with Gasteiger partial charge in [0.25, 0.3) is 5.91 Å². The molecule has 116 valence electrons. The second-order valence-electron chi connectivity index (χ2n) is 5.56. The fraction of sp³-hybridized carbons (Fsp3) is 0.400. The largest absolute Gasteiger partial charge is 0.292 e. The average molecular weight is 319 g/mol. The van der Waals surface area contributed by atoms with Gasteiger partial charge in [-0.15, -0.1) is 0 Å². The minimum absolute atomic E-state index is 0.0724. The van der Waals surface area contributed by atoms with E-state index >= 15 is 0 Å². The van der Waals surface area contributed by atoms with Crippen LogP contribution in [-0.2, 0) is 14.6 Å². The van der Waals surface area contributed by atoms with Gasteiger partial charge in [0.15, 0.2) is 9.84 Å². The summed E-state index contributed by atoms with van der Waals surface area (Å²) in [5.41, 5.74) is 1.38. The Bertz CT molecular complexity index is 741. The number of carbonyl (C=O) groups excluding carboxylic acids is 1. The first-order valence-electron chi connectivity index (χ1n) is 7.14. The zero-order valence-corrected chi connectivity index (χ0v) is 13.0. The molecule has 0 N–H and O–H groups in total. The zero-order valence-electron chi connectivity index (χ0n) is 12.2. The molecule has 0 aromatic heterocycles. The van der Waals surface area contributed by atoms with E-state index in [9.17, 15) is 13.2 Å². The van der Waals surface area contributed by atoms with Crippen molar-refractivity contribution in [3.63, 3.8) is 0 Å². The summed E-state index contributed by atoms with van der Waals surface area (Å²) in [6.45, 7) is 1.78. The Labute approximate surface area is 129 Å². The number of sulfone groups is 1. The van der Waals surface area contributed by atoms with Crippen molar-refractivity contribution in [3.05, 3.63) is 30.3 Å². The fourth-order valence-electron chi connectivity index (χ4n) is 2.61. The molecule has 0 saturated carbocycles.